The Hall–Kier alpha value is -3.20. The molecule has 0 bridgehead atoms. The van der Waals surface area contributed by atoms with E-state index in [0.29, 0.717) is 15.0 Å². The zero-order valence-electron chi connectivity index (χ0n) is 19.0. The standard InChI is InChI=1S/C29H29N3Se/c1-30-20-14-24(15-21-30)12-13-25-16-22-31(23-17-25)18-6-7-19-32-26-8-2-4-10-28(26)33-29-11-5-3-9-27(29)32/h2-5,8-17,20-23H,6-7,18-19H2,1H3/q+2/b13-12+. The summed E-state index contributed by atoms with van der Waals surface area (Å²) >= 11 is 0.397. The molecule has 1 aliphatic rings. The first-order valence-corrected chi connectivity index (χ1v) is 13.2. The van der Waals surface area contributed by atoms with Crippen LogP contribution in [0.4, 0.5) is 11.4 Å². The molecule has 0 fully saturated rings. The number of hydrogen-bond donors (Lipinski definition) is 0. The van der Waals surface area contributed by atoms with E-state index in [1.165, 1.54) is 31.4 Å². The van der Waals surface area contributed by atoms with E-state index in [1.807, 2.05) is 11.6 Å². The van der Waals surface area contributed by atoms with Gasteiger partial charge in [0.2, 0.25) is 0 Å². The second-order valence-corrected chi connectivity index (χ2v) is 10.7. The molecule has 0 atom stereocenters. The first-order valence-electron chi connectivity index (χ1n) is 11.5. The van der Waals surface area contributed by atoms with E-state index in [0.717, 1.165) is 25.9 Å². The first kappa shape index (κ1) is 21.6. The van der Waals surface area contributed by atoms with Crippen LogP contribution in [-0.4, -0.2) is 21.5 Å². The summed E-state index contributed by atoms with van der Waals surface area (Å²) in [5.41, 5.74) is 5.23. The van der Waals surface area contributed by atoms with Crippen LogP contribution in [0.1, 0.15) is 24.0 Å². The third-order valence-electron chi connectivity index (χ3n) is 5.97. The van der Waals surface area contributed by atoms with Crippen molar-refractivity contribution in [2.45, 2.75) is 19.4 Å². The molecule has 4 aromatic rings. The smallest absolute Gasteiger partial charge is 0.00931 e. The Bertz CT molecular complexity index is 1200. The number of fused-ring (bicyclic) bond motifs is 2. The maximum Gasteiger partial charge on any atom is 0.169 e. The van der Waals surface area contributed by atoms with Crippen molar-refractivity contribution in [2.75, 3.05) is 11.4 Å². The molecule has 0 radical (unpaired) electrons. The van der Waals surface area contributed by atoms with Crippen LogP contribution < -0.4 is 23.0 Å². The summed E-state index contributed by atoms with van der Waals surface area (Å²) in [6.07, 6.45) is 15.2. The molecule has 3 nitrogen and oxygen atoms in total. The van der Waals surface area contributed by atoms with Crippen molar-refractivity contribution in [3.63, 3.8) is 0 Å². The molecule has 0 saturated heterocycles. The SMILES string of the molecule is C[n+]1ccc(/C=C/c2cc[n+](CCCCN3c4ccccc4[Se]c4ccccc43)cc2)cc1. The third-order valence-corrected chi connectivity index (χ3v) is 8.34. The quantitative estimate of drug-likeness (QED) is 0.216. The van der Waals surface area contributed by atoms with Crippen molar-refractivity contribution in [2.24, 2.45) is 7.05 Å². The molecule has 0 saturated carbocycles. The van der Waals surface area contributed by atoms with Gasteiger partial charge in [-0.15, -0.1) is 0 Å². The van der Waals surface area contributed by atoms with Crippen LogP contribution in [0.25, 0.3) is 12.2 Å². The Balaban J connectivity index is 1.17. The van der Waals surface area contributed by atoms with Crippen LogP contribution in [0, 0.1) is 0 Å². The number of para-hydroxylation sites is 2. The van der Waals surface area contributed by atoms with E-state index in [4.69, 9.17) is 0 Å². The molecule has 0 aliphatic carbocycles. The molecule has 164 valence electrons. The summed E-state index contributed by atoms with van der Waals surface area (Å²) in [4.78, 5) is 2.53. The predicted molar refractivity (Wildman–Crippen MR) is 137 cm³/mol. The van der Waals surface area contributed by atoms with Gasteiger partial charge in [0.1, 0.15) is 7.05 Å². The normalized spacial score (nSPS) is 12.6. The number of benzene rings is 2. The average Bonchev–Trinajstić information content (AvgIpc) is 2.86. The summed E-state index contributed by atoms with van der Waals surface area (Å²) in [6, 6.07) is 26.5. The number of unbranched alkanes of at least 4 members (excludes halogenated alkanes) is 1. The van der Waals surface area contributed by atoms with Gasteiger partial charge in [-0.1, -0.05) is 6.08 Å². The Morgan fingerprint density at radius 3 is 1.85 bits per heavy atom. The van der Waals surface area contributed by atoms with E-state index >= 15 is 0 Å². The van der Waals surface area contributed by atoms with Gasteiger partial charge in [-0.3, -0.25) is 0 Å². The number of aromatic nitrogens is 2. The van der Waals surface area contributed by atoms with Gasteiger partial charge in [-0.2, -0.15) is 0 Å². The Morgan fingerprint density at radius 1 is 0.697 bits per heavy atom. The monoisotopic (exact) mass is 499 g/mol. The first-order chi connectivity index (χ1) is 16.3. The van der Waals surface area contributed by atoms with Crippen molar-refractivity contribution in [3.8, 4) is 0 Å². The van der Waals surface area contributed by atoms with E-state index in [2.05, 4.69) is 119 Å². The second-order valence-electron chi connectivity index (χ2n) is 8.40. The number of nitrogens with zero attached hydrogens (tertiary/aromatic N) is 3. The van der Waals surface area contributed by atoms with Crippen LogP contribution in [-0.2, 0) is 13.6 Å². The van der Waals surface area contributed by atoms with Gasteiger partial charge >= 0.3 is 155 Å². The molecule has 1 aliphatic heterocycles. The van der Waals surface area contributed by atoms with Crippen LogP contribution in [0.5, 0.6) is 0 Å². The summed E-state index contributed by atoms with van der Waals surface area (Å²) in [5.74, 6) is 0. The maximum absolute atomic E-state index is 2.53. The minimum atomic E-state index is 0.397. The van der Waals surface area contributed by atoms with Crippen molar-refractivity contribution in [1.29, 1.82) is 0 Å². The van der Waals surface area contributed by atoms with E-state index < -0.39 is 0 Å². The largest absolute Gasteiger partial charge is 0.169 e. The fraction of sp³-hybridized carbons (Fsp3) is 0.172. The molecular formula is C29H29N3Se+2. The van der Waals surface area contributed by atoms with Crippen LogP contribution in [0.3, 0.4) is 0 Å². The van der Waals surface area contributed by atoms with Gasteiger partial charge in [0, 0.05) is 12.1 Å². The van der Waals surface area contributed by atoms with Gasteiger partial charge in [0.25, 0.3) is 0 Å². The number of rotatable bonds is 7. The van der Waals surface area contributed by atoms with Crippen LogP contribution in [0.15, 0.2) is 97.6 Å². The average molecular weight is 499 g/mol. The molecule has 5 rings (SSSR count). The van der Waals surface area contributed by atoms with Crippen molar-refractivity contribution >= 4 is 47.4 Å². The second kappa shape index (κ2) is 10.2. The fourth-order valence-electron chi connectivity index (χ4n) is 4.13. The van der Waals surface area contributed by atoms with E-state index in [1.54, 1.807) is 0 Å². The number of anilines is 2. The van der Waals surface area contributed by atoms with E-state index in [9.17, 15) is 0 Å². The van der Waals surface area contributed by atoms with Crippen molar-refractivity contribution in [3.05, 3.63) is 109 Å². The van der Waals surface area contributed by atoms with Crippen molar-refractivity contribution in [1.82, 2.24) is 0 Å². The molecule has 4 heteroatoms. The molecule has 2 aromatic carbocycles. The Morgan fingerprint density at radius 2 is 1.24 bits per heavy atom. The Kier molecular flexibility index (Phi) is 6.66. The van der Waals surface area contributed by atoms with Gasteiger partial charge < -0.3 is 0 Å². The molecule has 0 spiro atoms. The molecule has 0 N–H and O–H groups in total. The minimum absolute atomic E-state index is 0.397. The summed E-state index contributed by atoms with van der Waals surface area (Å²) in [7, 11) is 2.04. The summed E-state index contributed by atoms with van der Waals surface area (Å²) in [6.45, 7) is 2.10. The number of hydrogen-bond acceptors (Lipinski definition) is 1. The third kappa shape index (κ3) is 5.24. The molecule has 0 amide bonds. The molecule has 0 unspecified atom stereocenters. The number of aryl methyl sites for hydroxylation is 2. The molecular weight excluding hydrogens is 469 g/mol. The van der Waals surface area contributed by atoms with Gasteiger partial charge in [0.05, 0.1) is 0 Å². The Labute approximate surface area is 202 Å². The zero-order valence-corrected chi connectivity index (χ0v) is 20.7. The molecule has 33 heavy (non-hydrogen) atoms. The zero-order chi connectivity index (χ0) is 22.5. The van der Waals surface area contributed by atoms with Gasteiger partial charge in [0.15, 0.2) is 12.4 Å². The number of pyridine rings is 2. The van der Waals surface area contributed by atoms with Gasteiger partial charge in [-0.05, 0) is 5.56 Å². The fourth-order valence-corrected chi connectivity index (χ4v) is 6.43. The van der Waals surface area contributed by atoms with Crippen molar-refractivity contribution < 1.29 is 9.13 Å². The summed E-state index contributed by atoms with van der Waals surface area (Å²) in [5, 5.41) is 0. The predicted octanol–water partition coefficient (Wildman–Crippen LogP) is 3.56. The van der Waals surface area contributed by atoms with E-state index in [-0.39, 0.29) is 0 Å². The van der Waals surface area contributed by atoms with Crippen LogP contribution >= 0.6 is 0 Å². The molecule has 3 heterocycles. The van der Waals surface area contributed by atoms with Gasteiger partial charge in [-0.25, -0.2) is 4.57 Å². The topological polar surface area (TPSA) is 11.0 Å². The summed E-state index contributed by atoms with van der Waals surface area (Å²) < 4.78 is 7.32. The molecule has 2 aromatic heterocycles. The maximum atomic E-state index is 2.53. The van der Waals surface area contributed by atoms with Crippen LogP contribution in [0.2, 0.25) is 0 Å². The minimum Gasteiger partial charge on any atom is 0.00931 e.